The van der Waals surface area contributed by atoms with E-state index in [1.807, 2.05) is 6.07 Å². The van der Waals surface area contributed by atoms with Gasteiger partial charge in [0.1, 0.15) is 0 Å². The average Bonchev–Trinajstić information content (AvgIpc) is 3.10. The number of nitrogens with one attached hydrogen (secondary N) is 1. The Kier molecular flexibility index (Phi) is 4.35. The third-order valence-corrected chi connectivity index (χ3v) is 4.36. The lowest BCUT2D eigenvalue weighted by Gasteiger charge is -2.16. The number of aromatic amines is 1. The number of hydrogen-bond donors (Lipinski definition) is 2. The quantitative estimate of drug-likeness (QED) is 0.867. The highest BCUT2D eigenvalue weighted by molar-refractivity contribution is 6.31. The van der Waals surface area contributed by atoms with Gasteiger partial charge in [-0.2, -0.15) is 15.4 Å². The molecule has 0 aliphatic carbocycles. The number of hydrogen-bond acceptors (Lipinski definition) is 5. The van der Waals surface area contributed by atoms with Crippen molar-refractivity contribution in [3.8, 4) is 0 Å². The minimum Gasteiger partial charge on any atom is -0.481 e. The lowest BCUT2D eigenvalue weighted by molar-refractivity contribution is -0.138. The van der Waals surface area contributed by atoms with Crippen LogP contribution < -0.4 is 0 Å². The zero-order valence-electron chi connectivity index (χ0n) is 11.8. The highest BCUT2D eigenvalue weighted by atomic mass is 35.5. The van der Waals surface area contributed by atoms with Gasteiger partial charge in [0.25, 0.3) is 0 Å². The molecule has 0 bridgehead atoms. The van der Waals surface area contributed by atoms with E-state index in [1.54, 1.807) is 18.6 Å². The standard InChI is InChI=1S/C14H16ClN5O2/c15-12-4-16-2-1-9(12)6-20-7-10(3-14(21)22)11(8-20)13-5-17-19-18-13/h1-2,4-5,10-11H,3,6-8H2,(H,21,22)(H,17,18,19)/t10-,11+/m1/s1. The lowest BCUT2D eigenvalue weighted by Crippen LogP contribution is -2.21. The maximum Gasteiger partial charge on any atom is 0.303 e. The number of halogens is 1. The third-order valence-electron chi connectivity index (χ3n) is 4.02. The Hall–Kier alpha value is -1.99. The molecule has 0 unspecified atom stereocenters. The first-order valence-electron chi connectivity index (χ1n) is 7.01. The summed E-state index contributed by atoms with van der Waals surface area (Å²) in [6.45, 7) is 2.11. The molecule has 2 aromatic rings. The number of carbonyl (C=O) groups is 1. The second-order valence-electron chi connectivity index (χ2n) is 5.52. The van der Waals surface area contributed by atoms with Gasteiger partial charge in [0.05, 0.1) is 23.3 Å². The first-order valence-corrected chi connectivity index (χ1v) is 7.39. The van der Waals surface area contributed by atoms with Crippen molar-refractivity contribution in [3.05, 3.63) is 40.9 Å². The van der Waals surface area contributed by atoms with Crippen LogP contribution in [-0.2, 0) is 11.3 Å². The van der Waals surface area contributed by atoms with Crippen molar-refractivity contribution in [1.29, 1.82) is 0 Å². The molecule has 2 atom stereocenters. The third kappa shape index (κ3) is 3.26. The normalized spacial score (nSPS) is 22.0. The first kappa shape index (κ1) is 14.9. The van der Waals surface area contributed by atoms with Crippen LogP contribution in [0.15, 0.2) is 24.7 Å². The molecule has 0 amide bonds. The largest absolute Gasteiger partial charge is 0.481 e. The Labute approximate surface area is 132 Å². The molecule has 0 saturated carbocycles. The van der Waals surface area contributed by atoms with E-state index in [0.717, 1.165) is 17.8 Å². The predicted molar refractivity (Wildman–Crippen MR) is 79.4 cm³/mol. The molecule has 1 fully saturated rings. The van der Waals surface area contributed by atoms with Gasteiger partial charge in [-0.1, -0.05) is 11.6 Å². The van der Waals surface area contributed by atoms with Gasteiger partial charge in [-0.05, 0) is 17.5 Å². The zero-order chi connectivity index (χ0) is 15.5. The van der Waals surface area contributed by atoms with Crippen molar-refractivity contribution in [1.82, 2.24) is 25.3 Å². The number of rotatable bonds is 5. The second-order valence-corrected chi connectivity index (χ2v) is 5.93. The highest BCUT2D eigenvalue weighted by Crippen LogP contribution is 2.34. The number of carboxylic acid groups (broad SMARTS) is 1. The van der Waals surface area contributed by atoms with Gasteiger partial charge in [-0.15, -0.1) is 0 Å². The number of aromatic nitrogens is 4. The van der Waals surface area contributed by atoms with E-state index in [2.05, 4.69) is 25.3 Å². The van der Waals surface area contributed by atoms with Crippen LogP contribution in [0.25, 0.3) is 0 Å². The van der Waals surface area contributed by atoms with Gasteiger partial charge in [0.15, 0.2) is 0 Å². The van der Waals surface area contributed by atoms with Gasteiger partial charge >= 0.3 is 5.97 Å². The van der Waals surface area contributed by atoms with Crippen molar-refractivity contribution in [2.45, 2.75) is 18.9 Å². The molecule has 116 valence electrons. The van der Waals surface area contributed by atoms with Crippen LogP contribution in [0.2, 0.25) is 5.02 Å². The Bertz CT molecular complexity index is 648. The molecule has 0 radical (unpaired) electrons. The molecule has 0 spiro atoms. The fourth-order valence-corrected chi connectivity index (χ4v) is 3.20. The Morgan fingerprint density at radius 3 is 3.00 bits per heavy atom. The second kappa shape index (κ2) is 6.41. The van der Waals surface area contributed by atoms with E-state index in [0.29, 0.717) is 18.1 Å². The van der Waals surface area contributed by atoms with Crippen LogP contribution in [0.3, 0.4) is 0 Å². The summed E-state index contributed by atoms with van der Waals surface area (Å²) >= 11 is 6.15. The fraction of sp³-hybridized carbons (Fsp3) is 0.429. The van der Waals surface area contributed by atoms with Gasteiger partial charge in [-0.25, -0.2) is 0 Å². The van der Waals surface area contributed by atoms with Crippen molar-refractivity contribution in [3.63, 3.8) is 0 Å². The Balaban J connectivity index is 1.75. The summed E-state index contributed by atoms with van der Waals surface area (Å²) in [7, 11) is 0. The molecule has 7 nitrogen and oxygen atoms in total. The monoisotopic (exact) mass is 321 g/mol. The zero-order valence-corrected chi connectivity index (χ0v) is 12.6. The van der Waals surface area contributed by atoms with Crippen LogP contribution in [0.5, 0.6) is 0 Å². The number of carboxylic acids is 1. The van der Waals surface area contributed by atoms with Gasteiger partial charge in [0.2, 0.25) is 0 Å². The van der Waals surface area contributed by atoms with Crippen LogP contribution >= 0.6 is 11.6 Å². The van der Waals surface area contributed by atoms with Crippen molar-refractivity contribution < 1.29 is 9.90 Å². The van der Waals surface area contributed by atoms with Crippen molar-refractivity contribution in [2.75, 3.05) is 13.1 Å². The number of nitrogens with zero attached hydrogens (tertiary/aromatic N) is 4. The molecule has 0 aromatic carbocycles. The molecule has 1 saturated heterocycles. The molecule has 2 aromatic heterocycles. The SMILES string of the molecule is O=C(O)C[C@@H]1CN(Cc2ccncc2Cl)C[C@@H]1c1cn[nH]n1. The fourth-order valence-electron chi connectivity index (χ4n) is 3.02. The number of aliphatic carboxylic acids is 1. The minimum absolute atomic E-state index is 0.0169. The summed E-state index contributed by atoms with van der Waals surface area (Å²) < 4.78 is 0. The van der Waals surface area contributed by atoms with Crippen LogP contribution in [0.4, 0.5) is 0 Å². The molecule has 1 aliphatic rings. The van der Waals surface area contributed by atoms with E-state index in [-0.39, 0.29) is 18.3 Å². The maximum atomic E-state index is 11.1. The number of H-pyrrole nitrogens is 1. The molecule has 2 N–H and O–H groups in total. The molecule has 1 aliphatic heterocycles. The molecule has 22 heavy (non-hydrogen) atoms. The Morgan fingerprint density at radius 1 is 1.45 bits per heavy atom. The smallest absolute Gasteiger partial charge is 0.303 e. The van der Waals surface area contributed by atoms with Crippen molar-refractivity contribution in [2.24, 2.45) is 5.92 Å². The summed E-state index contributed by atoms with van der Waals surface area (Å²) in [6, 6.07) is 1.89. The minimum atomic E-state index is -0.790. The molecule has 3 rings (SSSR count). The summed E-state index contributed by atoms with van der Waals surface area (Å²) in [4.78, 5) is 17.3. The molecule has 3 heterocycles. The summed E-state index contributed by atoms with van der Waals surface area (Å²) in [5, 5.41) is 20.3. The molecular weight excluding hydrogens is 306 g/mol. The van der Waals surface area contributed by atoms with Crippen LogP contribution in [-0.4, -0.2) is 49.5 Å². The van der Waals surface area contributed by atoms with Gasteiger partial charge in [0, 0.05) is 37.9 Å². The summed E-state index contributed by atoms with van der Waals surface area (Å²) in [5.41, 5.74) is 1.81. The van der Waals surface area contributed by atoms with Gasteiger partial charge in [-0.3, -0.25) is 14.7 Å². The van der Waals surface area contributed by atoms with Crippen LogP contribution in [0, 0.1) is 5.92 Å². The van der Waals surface area contributed by atoms with E-state index in [4.69, 9.17) is 16.7 Å². The predicted octanol–water partition coefficient (Wildman–Crippen LogP) is 1.54. The van der Waals surface area contributed by atoms with Crippen molar-refractivity contribution >= 4 is 17.6 Å². The topological polar surface area (TPSA) is 95.0 Å². The summed E-state index contributed by atoms with van der Waals surface area (Å²) in [5.74, 6) is -0.707. The highest BCUT2D eigenvalue weighted by Gasteiger charge is 2.36. The van der Waals surface area contributed by atoms with Crippen LogP contribution in [0.1, 0.15) is 23.6 Å². The van der Waals surface area contributed by atoms with E-state index >= 15 is 0 Å². The maximum absolute atomic E-state index is 11.1. The molecular formula is C14H16ClN5O2. The summed E-state index contributed by atoms with van der Waals surface area (Å²) in [6.07, 6.45) is 5.12. The van der Waals surface area contributed by atoms with E-state index in [9.17, 15) is 4.79 Å². The number of likely N-dealkylation sites (tertiary alicyclic amines) is 1. The first-order chi connectivity index (χ1) is 10.6. The average molecular weight is 322 g/mol. The van der Waals surface area contributed by atoms with E-state index in [1.165, 1.54) is 0 Å². The number of pyridine rings is 1. The van der Waals surface area contributed by atoms with E-state index < -0.39 is 5.97 Å². The lowest BCUT2D eigenvalue weighted by atomic mass is 9.91. The molecule has 8 heteroatoms. The Morgan fingerprint density at radius 2 is 2.32 bits per heavy atom. The van der Waals surface area contributed by atoms with Gasteiger partial charge < -0.3 is 5.11 Å².